The van der Waals surface area contributed by atoms with Gasteiger partial charge in [-0.25, -0.2) is 9.56 Å². The highest BCUT2D eigenvalue weighted by molar-refractivity contribution is 7.21. The zero-order chi connectivity index (χ0) is 22.1. The summed E-state index contributed by atoms with van der Waals surface area (Å²) in [6, 6.07) is 9.09. The number of carbonyl (C=O) groups is 1. The Hall–Kier alpha value is -2.47. The Kier molecular flexibility index (Phi) is 6.28. The van der Waals surface area contributed by atoms with E-state index in [1.165, 1.54) is 44.6 Å². The highest BCUT2D eigenvalue weighted by Crippen LogP contribution is 2.35. The number of carbonyl (C=O) groups excluding carboxylic acids is 1. The van der Waals surface area contributed by atoms with Crippen LogP contribution in [0.2, 0.25) is 0 Å². The lowest BCUT2D eigenvalue weighted by atomic mass is 10.1. The number of amides is 1. The molecule has 1 aromatic carbocycles. The van der Waals surface area contributed by atoms with Crippen LogP contribution in [0.1, 0.15) is 37.8 Å². The summed E-state index contributed by atoms with van der Waals surface area (Å²) >= 11 is 1.84. The molecule has 2 heterocycles. The lowest BCUT2D eigenvalue weighted by Gasteiger charge is -2.24. The quantitative estimate of drug-likeness (QED) is 0.459. The molecule has 5 nitrogen and oxygen atoms in total. The maximum atomic E-state index is 11.7. The van der Waals surface area contributed by atoms with Gasteiger partial charge in [0.25, 0.3) is 0 Å². The van der Waals surface area contributed by atoms with Gasteiger partial charge in [0.2, 0.25) is 11.3 Å². The van der Waals surface area contributed by atoms with E-state index >= 15 is 0 Å². The number of piperazine rings is 1. The molecular formula is C25H33N4OS+. The smallest absolute Gasteiger partial charge is 0.219 e. The molecule has 0 spiro atoms. The van der Waals surface area contributed by atoms with Gasteiger partial charge in [-0.3, -0.25) is 4.79 Å². The monoisotopic (exact) mass is 437 g/mol. The average Bonchev–Trinajstić information content (AvgIpc) is 2.76. The van der Waals surface area contributed by atoms with E-state index in [2.05, 4.69) is 61.6 Å². The summed E-state index contributed by atoms with van der Waals surface area (Å²) in [5.41, 5.74) is 5.92. The highest BCUT2D eigenvalue weighted by atomic mass is 32.1. The predicted molar refractivity (Wildman–Crippen MR) is 131 cm³/mol. The van der Waals surface area contributed by atoms with Gasteiger partial charge in [0, 0.05) is 38.3 Å². The Balaban J connectivity index is 1.79. The van der Waals surface area contributed by atoms with Gasteiger partial charge in [-0.1, -0.05) is 13.3 Å². The number of anilines is 1. The molecule has 6 heteroatoms. The zero-order valence-electron chi connectivity index (χ0n) is 19.4. The zero-order valence-corrected chi connectivity index (χ0v) is 20.2. The van der Waals surface area contributed by atoms with Crippen molar-refractivity contribution in [3.05, 3.63) is 40.7 Å². The van der Waals surface area contributed by atoms with Crippen molar-refractivity contribution in [2.24, 2.45) is 0 Å². The summed E-state index contributed by atoms with van der Waals surface area (Å²) in [5.74, 6) is 0.169. The number of hydrogen-bond acceptors (Lipinski definition) is 4. The average molecular weight is 438 g/mol. The topological polar surface area (TPSA) is 39.5 Å². The van der Waals surface area contributed by atoms with Crippen LogP contribution >= 0.6 is 11.3 Å². The van der Waals surface area contributed by atoms with Crippen molar-refractivity contribution < 1.29 is 4.79 Å². The van der Waals surface area contributed by atoms with E-state index in [0.717, 1.165) is 43.9 Å². The molecule has 0 atom stereocenters. The molecule has 0 aromatic heterocycles. The van der Waals surface area contributed by atoms with Crippen LogP contribution < -0.4 is 14.8 Å². The second-order valence-corrected chi connectivity index (χ2v) is 9.78. The molecule has 3 aliphatic rings. The van der Waals surface area contributed by atoms with E-state index in [4.69, 9.17) is 4.98 Å². The van der Waals surface area contributed by atoms with Crippen molar-refractivity contribution in [1.82, 2.24) is 14.5 Å². The molecule has 1 saturated heterocycles. The Morgan fingerprint density at radius 2 is 1.90 bits per heavy atom. The van der Waals surface area contributed by atoms with Crippen molar-refractivity contribution >= 4 is 33.1 Å². The molecule has 31 heavy (non-hydrogen) atoms. The number of aromatic nitrogens is 1. The van der Waals surface area contributed by atoms with Crippen LogP contribution in [0.15, 0.2) is 24.3 Å². The molecule has 1 aromatic rings. The molecule has 2 aliphatic heterocycles. The third-order valence-electron chi connectivity index (χ3n) is 6.32. The summed E-state index contributed by atoms with van der Waals surface area (Å²) in [6.45, 7) is 12.6. The Labute approximate surface area is 189 Å². The fourth-order valence-electron chi connectivity index (χ4n) is 4.34. The number of benzene rings is 2. The van der Waals surface area contributed by atoms with Crippen LogP contribution in [-0.4, -0.2) is 55.6 Å². The summed E-state index contributed by atoms with van der Waals surface area (Å²) < 4.78 is 3.63. The summed E-state index contributed by atoms with van der Waals surface area (Å²) in [6.07, 6.45) is 2.40. The van der Waals surface area contributed by atoms with E-state index in [9.17, 15) is 4.79 Å². The second-order valence-electron chi connectivity index (χ2n) is 8.70. The van der Waals surface area contributed by atoms with Crippen molar-refractivity contribution in [3.63, 3.8) is 0 Å². The van der Waals surface area contributed by atoms with E-state index in [1.807, 2.05) is 16.2 Å². The van der Waals surface area contributed by atoms with Gasteiger partial charge in [0.15, 0.2) is 13.1 Å². The summed E-state index contributed by atoms with van der Waals surface area (Å²) in [7, 11) is 2.18. The largest absolute Gasteiger partial charge is 0.375 e. The number of fused-ring (bicyclic) bond motifs is 2. The molecule has 4 rings (SSSR count). The fraction of sp³-hybridized carbons (Fsp3) is 0.480. The van der Waals surface area contributed by atoms with Crippen LogP contribution in [0, 0.1) is 13.8 Å². The number of unbranched alkanes of at least 4 members (excludes halogenated alkanes) is 1. The first-order valence-corrected chi connectivity index (χ1v) is 12.1. The van der Waals surface area contributed by atoms with E-state index in [0.29, 0.717) is 0 Å². The summed E-state index contributed by atoms with van der Waals surface area (Å²) in [4.78, 5) is 22.2. The van der Waals surface area contributed by atoms with E-state index < -0.39 is 0 Å². The van der Waals surface area contributed by atoms with Crippen molar-refractivity contribution in [2.45, 2.75) is 40.5 Å². The Morgan fingerprint density at radius 1 is 1.16 bits per heavy atom. The first kappa shape index (κ1) is 21.8. The number of hydrogen-bond donors (Lipinski definition) is 0. The van der Waals surface area contributed by atoms with Crippen LogP contribution in [0.5, 0.6) is 0 Å². The fourth-order valence-corrected chi connectivity index (χ4v) is 5.54. The standard InChI is InChI=1S/C25H33N4OS/c1-6-7-8-27(5)20-13-17(2)24-22(15-20)31-23-16-21(14-18(3)25(23)26-24)29-11-9-28(10-12-29)19(4)30/h13-16H,6-12H2,1-5H3/q+1. The van der Waals surface area contributed by atoms with Gasteiger partial charge < -0.3 is 9.80 Å². The molecule has 164 valence electrons. The normalized spacial score (nSPS) is 14.5. The number of rotatable bonds is 4. The SMILES string of the molecule is CCCCN(C)c1cc(C)c2nc3c(C)cc(=[N+]4CCN(C(C)=O)CC4)cc-3sc2c1. The summed E-state index contributed by atoms with van der Waals surface area (Å²) in [5, 5.41) is 1.23. The number of aryl methyl sites for hydroxylation is 2. The first-order chi connectivity index (χ1) is 14.9. The molecule has 1 aliphatic carbocycles. The minimum absolute atomic E-state index is 0.169. The van der Waals surface area contributed by atoms with Crippen molar-refractivity contribution in [3.8, 4) is 10.6 Å². The van der Waals surface area contributed by atoms with Gasteiger partial charge in [-0.05, 0) is 43.5 Å². The maximum Gasteiger partial charge on any atom is 0.219 e. The predicted octanol–water partition coefficient (Wildman–Crippen LogP) is 3.89. The van der Waals surface area contributed by atoms with E-state index in [1.54, 1.807) is 6.92 Å². The van der Waals surface area contributed by atoms with Gasteiger partial charge in [-0.15, -0.1) is 11.3 Å². The minimum atomic E-state index is 0.169. The lowest BCUT2D eigenvalue weighted by Crippen LogP contribution is -2.49. The molecule has 1 amide bonds. The van der Waals surface area contributed by atoms with Gasteiger partial charge in [0.1, 0.15) is 0 Å². The van der Waals surface area contributed by atoms with E-state index in [-0.39, 0.29) is 5.91 Å². The van der Waals surface area contributed by atoms with Crippen molar-refractivity contribution in [1.29, 1.82) is 0 Å². The molecular weight excluding hydrogens is 404 g/mol. The Bertz CT molecular complexity index is 1160. The third kappa shape index (κ3) is 4.45. The lowest BCUT2D eigenvalue weighted by molar-refractivity contribution is -0.129. The third-order valence-corrected chi connectivity index (χ3v) is 7.38. The first-order valence-electron chi connectivity index (χ1n) is 11.3. The molecule has 0 radical (unpaired) electrons. The molecule has 1 fully saturated rings. The number of nitrogens with zero attached hydrogens (tertiary/aromatic N) is 4. The van der Waals surface area contributed by atoms with Crippen LogP contribution in [0.3, 0.4) is 0 Å². The van der Waals surface area contributed by atoms with Crippen LogP contribution in [0.25, 0.3) is 20.8 Å². The van der Waals surface area contributed by atoms with Crippen molar-refractivity contribution in [2.75, 3.05) is 44.7 Å². The van der Waals surface area contributed by atoms with Crippen LogP contribution in [-0.2, 0) is 4.79 Å². The van der Waals surface area contributed by atoms with Crippen LogP contribution in [0.4, 0.5) is 5.69 Å². The molecule has 0 unspecified atom stereocenters. The van der Waals surface area contributed by atoms with Gasteiger partial charge >= 0.3 is 0 Å². The second kappa shape index (κ2) is 8.95. The molecule has 0 N–H and O–H groups in total. The minimum Gasteiger partial charge on any atom is -0.375 e. The molecule has 0 bridgehead atoms. The highest BCUT2D eigenvalue weighted by Gasteiger charge is 2.22. The van der Waals surface area contributed by atoms with Gasteiger partial charge in [0.05, 0.1) is 33.9 Å². The maximum absolute atomic E-state index is 11.7. The molecule has 0 saturated carbocycles. The van der Waals surface area contributed by atoms with Gasteiger partial charge in [-0.2, -0.15) is 0 Å². The Morgan fingerprint density at radius 3 is 2.58 bits per heavy atom.